The van der Waals surface area contributed by atoms with E-state index in [9.17, 15) is 0 Å². The van der Waals surface area contributed by atoms with Crippen LogP contribution in [0.3, 0.4) is 0 Å². The Kier molecular flexibility index (Phi) is 2.06. The van der Waals surface area contributed by atoms with E-state index >= 15 is 0 Å². The predicted molar refractivity (Wildman–Crippen MR) is 67.0 cm³/mol. The van der Waals surface area contributed by atoms with Crippen molar-refractivity contribution in [1.29, 1.82) is 0 Å². The molecule has 1 unspecified atom stereocenters. The molecule has 0 aromatic heterocycles. The number of fused-ring (bicyclic) bond motifs is 1. The molecule has 2 aliphatic rings. The number of nitrogens with zero attached hydrogens (tertiary/aromatic N) is 2. The lowest BCUT2D eigenvalue weighted by Gasteiger charge is -2.20. The summed E-state index contributed by atoms with van der Waals surface area (Å²) in [6.07, 6.45) is 3.54. The fourth-order valence-corrected chi connectivity index (χ4v) is 2.70. The first-order chi connectivity index (χ1) is 7.74. The van der Waals surface area contributed by atoms with E-state index in [-0.39, 0.29) is 0 Å². The van der Waals surface area contributed by atoms with Crippen molar-refractivity contribution in [2.24, 2.45) is 5.92 Å². The average Bonchev–Trinajstić information content (AvgIpc) is 2.78. The lowest BCUT2D eigenvalue weighted by atomic mass is 10.1. The Morgan fingerprint density at radius 1 is 1.25 bits per heavy atom. The summed E-state index contributed by atoms with van der Waals surface area (Å²) in [4.78, 5) is 4.69. The standard InChI is InChI=1S/C13H17N3/c1-15-8-10-6-7-16(13(10)9-15)12-4-2-11(14)3-5-12/h2-5,9-10H,6-8,14H2,1H3. The van der Waals surface area contributed by atoms with Gasteiger partial charge in [0.1, 0.15) is 0 Å². The molecule has 1 atom stereocenters. The molecule has 0 amide bonds. The van der Waals surface area contributed by atoms with Gasteiger partial charge in [0.2, 0.25) is 0 Å². The van der Waals surface area contributed by atoms with E-state index in [1.165, 1.54) is 24.4 Å². The first kappa shape index (κ1) is 9.58. The molecule has 0 saturated carbocycles. The minimum Gasteiger partial charge on any atom is -0.399 e. The highest BCUT2D eigenvalue weighted by Crippen LogP contribution is 2.36. The fraction of sp³-hybridized carbons (Fsp3) is 0.385. The molecular formula is C13H17N3. The van der Waals surface area contributed by atoms with Crippen molar-refractivity contribution in [2.75, 3.05) is 30.8 Å². The maximum atomic E-state index is 5.71. The topological polar surface area (TPSA) is 32.5 Å². The van der Waals surface area contributed by atoms with Gasteiger partial charge in [-0.3, -0.25) is 0 Å². The molecule has 0 spiro atoms. The number of anilines is 2. The van der Waals surface area contributed by atoms with Crippen molar-refractivity contribution in [3.05, 3.63) is 36.2 Å². The third-order valence-corrected chi connectivity index (χ3v) is 3.50. The molecule has 3 rings (SSSR count). The Labute approximate surface area is 96.1 Å². The minimum atomic E-state index is 0.725. The Morgan fingerprint density at radius 2 is 2.00 bits per heavy atom. The first-order valence-corrected chi connectivity index (χ1v) is 5.79. The summed E-state index contributed by atoms with van der Waals surface area (Å²) in [5.74, 6) is 0.725. The third kappa shape index (κ3) is 1.43. The molecule has 2 aliphatic heterocycles. The smallest absolute Gasteiger partial charge is 0.0410 e. The van der Waals surface area contributed by atoms with E-state index in [4.69, 9.17) is 5.73 Å². The van der Waals surface area contributed by atoms with E-state index < -0.39 is 0 Å². The van der Waals surface area contributed by atoms with Crippen LogP contribution < -0.4 is 10.6 Å². The van der Waals surface area contributed by atoms with Crippen LogP contribution in [-0.2, 0) is 0 Å². The van der Waals surface area contributed by atoms with Gasteiger partial charge in [-0.1, -0.05) is 0 Å². The summed E-state index contributed by atoms with van der Waals surface area (Å²) in [5, 5.41) is 0. The van der Waals surface area contributed by atoms with Crippen molar-refractivity contribution < 1.29 is 0 Å². The second kappa shape index (κ2) is 3.44. The molecule has 1 aromatic rings. The summed E-state index contributed by atoms with van der Waals surface area (Å²) in [6, 6.07) is 8.16. The maximum absolute atomic E-state index is 5.71. The summed E-state index contributed by atoms with van der Waals surface area (Å²) in [5.41, 5.74) is 9.27. The fourth-order valence-electron chi connectivity index (χ4n) is 2.70. The summed E-state index contributed by atoms with van der Waals surface area (Å²) in [7, 11) is 2.15. The van der Waals surface area contributed by atoms with Gasteiger partial charge in [0, 0.05) is 49.3 Å². The molecule has 1 saturated heterocycles. The van der Waals surface area contributed by atoms with Crippen LogP contribution in [0.1, 0.15) is 6.42 Å². The molecule has 2 heterocycles. The van der Waals surface area contributed by atoms with Crippen molar-refractivity contribution in [2.45, 2.75) is 6.42 Å². The maximum Gasteiger partial charge on any atom is 0.0410 e. The average molecular weight is 215 g/mol. The Bertz CT molecular complexity index is 421. The van der Waals surface area contributed by atoms with Crippen LogP contribution in [0.15, 0.2) is 36.2 Å². The van der Waals surface area contributed by atoms with Gasteiger partial charge in [-0.15, -0.1) is 0 Å². The van der Waals surface area contributed by atoms with Crippen LogP contribution in [-0.4, -0.2) is 25.0 Å². The van der Waals surface area contributed by atoms with Gasteiger partial charge in [0.25, 0.3) is 0 Å². The van der Waals surface area contributed by atoms with E-state index in [0.29, 0.717) is 0 Å². The van der Waals surface area contributed by atoms with Crippen LogP contribution in [0.5, 0.6) is 0 Å². The zero-order valence-electron chi connectivity index (χ0n) is 9.56. The van der Waals surface area contributed by atoms with Crippen LogP contribution in [0, 0.1) is 5.92 Å². The van der Waals surface area contributed by atoms with Crippen molar-refractivity contribution in [3.8, 4) is 0 Å². The molecule has 84 valence electrons. The predicted octanol–water partition coefficient (Wildman–Crippen LogP) is 1.88. The highest BCUT2D eigenvalue weighted by Gasteiger charge is 2.33. The minimum absolute atomic E-state index is 0.725. The summed E-state index contributed by atoms with van der Waals surface area (Å²) < 4.78 is 0. The SMILES string of the molecule is CN1C=C2C(CCN2c2ccc(N)cc2)C1. The lowest BCUT2D eigenvalue weighted by molar-refractivity contribution is 0.433. The van der Waals surface area contributed by atoms with Crippen LogP contribution >= 0.6 is 0 Å². The van der Waals surface area contributed by atoms with Crippen LogP contribution in [0.4, 0.5) is 11.4 Å². The van der Waals surface area contributed by atoms with Crippen LogP contribution in [0.25, 0.3) is 0 Å². The number of benzene rings is 1. The van der Waals surface area contributed by atoms with Gasteiger partial charge in [-0.05, 0) is 30.7 Å². The Morgan fingerprint density at radius 3 is 2.75 bits per heavy atom. The highest BCUT2D eigenvalue weighted by atomic mass is 15.2. The van der Waals surface area contributed by atoms with E-state index in [2.05, 4.69) is 35.2 Å². The van der Waals surface area contributed by atoms with Gasteiger partial charge >= 0.3 is 0 Å². The molecular weight excluding hydrogens is 198 g/mol. The number of nitrogen functional groups attached to an aromatic ring is 1. The number of nitrogens with two attached hydrogens (primary N) is 1. The quantitative estimate of drug-likeness (QED) is 0.726. The zero-order valence-corrected chi connectivity index (χ0v) is 9.56. The second-order valence-electron chi connectivity index (χ2n) is 4.72. The van der Waals surface area contributed by atoms with Gasteiger partial charge < -0.3 is 15.5 Å². The highest BCUT2D eigenvalue weighted by molar-refractivity contribution is 5.58. The molecule has 0 bridgehead atoms. The first-order valence-electron chi connectivity index (χ1n) is 5.79. The van der Waals surface area contributed by atoms with Gasteiger partial charge in [-0.25, -0.2) is 0 Å². The van der Waals surface area contributed by atoms with Crippen molar-refractivity contribution in [1.82, 2.24) is 4.90 Å². The summed E-state index contributed by atoms with van der Waals surface area (Å²) >= 11 is 0. The largest absolute Gasteiger partial charge is 0.399 e. The molecule has 0 aliphatic carbocycles. The molecule has 1 aromatic carbocycles. The zero-order chi connectivity index (χ0) is 11.1. The summed E-state index contributed by atoms with van der Waals surface area (Å²) in [6.45, 7) is 2.30. The van der Waals surface area contributed by atoms with Crippen LogP contribution in [0.2, 0.25) is 0 Å². The number of rotatable bonds is 1. The molecule has 3 nitrogen and oxygen atoms in total. The normalized spacial score (nSPS) is 23.6. The monoisotopic (exact) mass is 215 g/mol. The Hall–Kier alpha value is -1.64. The number of hydrogen-bond acceptors (Lipinski definition) is 3. The second-order valence-corrected chi connectivity index (χ2v) is 4.72. The van der Waals surface area contributed by atoms with E-state index in [1.807, 2.05) is 12.1 Å². The van der Waals surface area contributed by atoms with Crippen molar-refractivity contribution in [3.63, 3.8) is 0 Å². The van der Waals surface area contributed by atoms with Gasteiger partial charge in [0.05, 0.1) is 0 Å². The molecule has 16 heavy (non-hydrogen) atoms. The van der Waals surface area contributed by atoms with E-state index in [0.717, 1.165) is 18.2 Å². The van der Waals surface area contributed by atoms with Crippen molar-refractivity contribution >= 4 is 11.4 Å². The lowest BCUT2D eigenvalue weighted by Crippen LogP contribution is -2.16. The molecule has 0 radical (unpaired) electrons. The third-order valence-electron chi connectivity index (χ3n) is 3.50. The number of hydrogen-bond donors (Lipinski definition) is 1. The molecule has 1 fully saturated rings. The van der Waals surface area contributed by atoms with Gasteiger partial charge in [0.15, 0.2) is 0 Å². The van der Waals surface area contributed by atoms with Gasteiger partial charge in [-0.2, -0.15) is 0 Å². The van der Waals surface area contributed by atoms with E-state index in [1.54, 1.807) is 0 Å². The molecule has 2 N–H and O–H groups in total. The molecule has 3 heteroatoms. The Balaban J connectivity index is 1.91.